The van der Waals surface area contributed by atoms with Crippen LogP contribution in [0.4, 0.5) is 13.2 Å². The Balaban J connectivity index is 2.11. The molecule has 1 atom stereocenters. The van der Waals surface area contributed by atoms with Crippen LogP contribution in [0.3, 0.4) is 0 Å². The summed E-state index contributed by atoms with van der Waals surface area (Å²) in [7, 11) is 1.91. The van der Waals surface area contributed by atoms with Crippen LogP contribution in [0.15, 0.2) is 18.2 Å². The van der Waals surface area contributed by atoms with E-state index in [2.05, 4.69) is 37.4 Å². The molecular formula is C17H24F3N. The molecule has 0 heterocycles. The van der Waals surface area contributed by atoms with E-state index < -0.39 is 12.1 Å². The van der Waals surface area contributed by atoms with Crippen LogP contribution in [0, 0.1) is 25.7 Å². The molecule has 4 heteroatoms. The predicted octanol–water partition coefficient (Wildman–Crippen LogP) is 4.93. The number of hydrogen-bond acceptors (Lipinski definition) is 1. The molecule has 1 saturated carbocycles. The first kappa shape index (κ1) is 16.3. The summed E-state index contributed by atoms with van der Waals surface area (Å²) in [6.07, 6.45) is -2.22. The van der Waals surface area contributed by atoms with Crippen LogP contribution in [-0.4, -0.2) is 13.2 Å². The molecule has 0 bridgehead atoms. The molecule has 1 aliphatic carbocycles. The molecule has 2 rings (SSSR count). The fraction of sp³-hybridized carbons (Fsp3) is 0.647. The van der Waals surface area contributed by atoms with Gasteiger partial charge in [0.05, 0.1) is 5.92 Å². The number of halogens is 3. The van der Waals surface area contributed by atoms with Crippen LogP contribution in [0.5, 0.6) is 0 Å². The van der Waals surface area contributed by atoms with E-state index >= 15 is 0 Å². The lowest BCUT2D eigenvalue weighted by Crippen LogP contribution is -2.33. The molecule has 0 saturated heterocycles. The largest absolute Gasteiger partial charge is 0.391 e. The van der Waals surface area contributed by atoms with Gasteiger partial charge >= 0.3 is 6.18 Å². The van der Waals surface area contributed by atoms with Gasteiger partial charge in [0.2, 0.25) is 0 Å². The van der Waals surface area contributed by atoms with Crippen LogP contribution < -0.4 is 5.32 Å². The third-order valence-corrected chi connectivity index (χ3v) is 4.79. The van der Waals surface area contributed by atoms with Crippen molar-refractivity contribution in [2.24, 2.45) is 11.8 Å². The highest BCUT2D eigenvalue weighted by Gasteiger charge is 2.42. The van der Waals surface area contributed by atoms with Gasteiger partial charge in [-0.15, -0.1) is 0 Å². The molecule has 0 amide bonds. The Morgan fingerprint density at radius 2 is 1.71 bits per heavy atom. The summed E-state index contributed by atoms with van der Waals surface area (Å²) < 4.78 is 38.3. The average Bonchev–Trinajstić information content (AvgIpc) is 2.43. The fourth-order valence-electron chi connectivity index (χ4n) is 3.52. The minimum atomic E-state index is -4.03. The maximum atomic E-state index is 12.8. The Bertz CT molecular complexity index is 473. The Hall–Kier alpha value is -1.03. The zero-order valence-electron chi connectivity index (χ0n) is 12.9. The lowest BCUT2D eigenvalue weighted by atomic mass is 9.75. The zero-order chi connectivity index (χ0) is 15.6. The summed E-state index contributed by atoms with van der Waals surface area (Å²) in [6.45, 7) is 4.12. The molecule has 1 aromatic carbocycles. The van der Waals surface area contributed by atoms with Crippen molar-refractivity contribution in [3.8, 4) is 0 Å². The van der Waals surface area contributed by atoms with Gasteiger partial charge in [0.25, 0.3) is 0 Å². The molecule has 1 unspecified atom stereocenters. The lowest BCUT2D eigenvalue weighted by molar-refractivity contribution is -0.184. The first-order chi connectivity index (χ1) is 9.82. The van der Waals surface area contributed by atoms with Crippen molar-refractivity contribution in [1.29, 1.82) is 0 Å². The van der Waals surface area contributed by atoms with E-state index in [1.54, 1.807) is 0 Å². The number of hydrogen-bond donors (Lipinski definition) is 1. The molecule has 1 aromatic rings. The van der Waals surface area contributed by atoms with E-state index in [1.165, 1.54) is 16.7 Å². The van der Waals surface area contributed by atoms with E-state index in [-0.39, 0.29) is 24.8 Å². The van der Waals surface area contributed by atoms with Gasteiger partial charge in [-0.3, -0.25) is 0 Å². The molecule has 1 N–H and O–H groups in total. The molecule has 1 aliphatic rings. The highest BCUT2D eigenvalue weighted by atomic mass is 19.4. The molecule has 0 spiro atoms. The highest BCUT2D eigenvalue weighted by molar-refractivity contribution is 5.33. The summed E-state index contributed by atoms with van der Waals surface area (Å²) in [6, 6.07) is 6.48. The topological polar surface area (TPSA) is 12.0 Å². The standard InChI is InChI=1S/C17H24F3N/c1-11-4-5-12(2)15(10-11)16(21-3)13-6-8-14(9-7-13)17(18,19)20/h4-5,10,13-14,16,21H,6-9H2,1-3H3. The van der Waals surface area contributed by atoms with Crippen molar-refractivity contribution < 1.29 is 13.2 Å². The third-order valence-electron chi connectivity index (χ3n) is 4.79. The Kier molecular flexibility index (Phi) is 4.97. The highest BCUT2D eigenvalue weighted by Crippen LogP contribution is 2.43. The van der Waals surface area contributed by atoms with Gasteiger partial charge in [-0.25, -0.2) is 0 Å². The second-order valence-corrected chi connectivity index (χ2v) is 6.28. The molecular weight excluding hydrogens is 275 g/mol. The van der Waals surface area contributed by atoms with E-state index in [0.29, 0.717) is 12.8 Å². The minimum absolute atomic E-state index is 0.152. The monoisotopic (exact) mass is 299 g/mol. The van der Waals surface area contributed by atoms with Crippen molar-refractivity contribution in [2.75, 3.05) is 7.05 Å². The number of rotatable bonds is 3. The molecule has 1 nitrogen and oxygen atoms in total. The second-order valence-electron chi connectivity index (χ2n) is 6.28. The van der Waals surface area contributed by atoms with Crippen LogP contribution in [0.2, 0.25) is 0 Å². The Morgan fingerprint density at radius 1 is 1.10 bits per heavy atom. The first-order valence-corrected chi connectivity index (χ1v) is 7.64. The van der Waals surface area contributed by atoms with Gasteiger partial charge in [-0.2, -0.15) is 13.2 Å². The molecule has 1 fully saturated rings. The molecule has 0 aromatic heterocycles. The average molecular weight is 299 g/mol. The minimum Gasteiger partial charge on any atom is -0.313 e. The van der Waals surface area contributed by atoms with Crippen molar-refractivity contribution in [3.63, 3.8) is 0 Å². The van der Waals surface area contributed by atoms with Crippen LogP contribution >= 0.6 is 0 Å². The van der Waals surface area contributed by atoms with Crippen LogP contribution in [0.25, 0.3) is 0 Å². The van der Waals surface area contributed by atoms with E-state index in [1.807, 2.05) is 7.05 Å². The number of benzene rings is 1. The van der Waals surface area contributed by atoms with Crippen molar-refractivity contribution in [1.82, 2.24) is 5.32 Å². The second kappa shape index (κ2) is 6.39. The van der Waals surface area contributed by atoms with Crippen molar-refractivity contribution >= 4 is 0 Å². The van der Waals surface area contributed by atoms with Gasteiger partial charge in [-0.05, 0) is 63.6 Å². The van der Waals surface area contributed by atoms with Crippen LogP contribution in [0.1, 0.15) is 48.4 Å². The molecule has 118 valence electrons. The SMILES string of the molecule is CNC(c1cc(C)ccc1C)C1CCC(C(F)(F)F)CC1. The van der Waals surface area contributed by atoms with Gasteiger partial charge in [0.1, 0.15) is 0 Å². The normalized spacial score (nSPS) is 24.9. The van der Waals surface area contributed by atoms with Gasteiger partial charge in [0.15, 0.2) is 0 Å². The first-order valence-electron chi connectivity index (χ1n) is 7.64. The smallest absolute Gasteiger partial charge is 0.313 e. The quantitative estimate of drug-likeness (QED) is 0.834. The lowest BCUT2D eigenvalue weighted by Gasteiger charge is -2.35. The fourth-order valence-corrected chi connectivity index (χ4v) is 3.52. The van der Waals surface area contributed by atoms with E-state index in [4.69, 9.17) is 0 Å². The summed E-state index contributed by atoms with van der Waals surface area (Å²) in [4.78, 5) is 0. The van der Waals surface area contributed by atoms with E-state index in [9.17, 15) is 13.2 Å². The Morgan fingerprint density at radius 3 is 2.24 bits per heavy atom. The summed E-state index contributed by atoms with van der Waals surface area (Å²) >= 11 is 0. The number of nitrogens with one attached hydrogen (secondary N) is 1. The summed E-state index contributed by atoms with van der Waals surface area (Å²) in [5, 5.41) is 3.33. The number of alkyl halides is 3. The summed E-state index contributed by atoms with van der Waals surface area (Å²) in [5.41, 5.74) is 3.63. The summed E-state index contributed by atoms with van der Waals surface area (Å²) in [5.74, 6) is -0.820. The van der Waals surface area contributed by atoms with Gasteiger partial charge in [-0.1, -0.05) is 23.8 Å². The predicted molar refractivity (Wildman–Crippen MR) is 79.2 cm³/mol. The molecule has 0 aliphatic heterocycles. The maximum Gasteiger partial charge on any atom is 0.391 e. The van der Waals surface area contributed by atoms with Gasteiger partial charge < -0.3 is 5.32 Å². The third kappa shape index (κ3) is 3.79. The zero-order valence-corrected chi connectivity index (χ0v) is 12.9. The van der Waals surface area contributed by atoms with E-state index in [0.717, 1.165) is 0 Å². The molecule has 21 heavy (non-hydrogen) atoms. The Labute approximate surface area is 124 Å². The molecule has 0 radical (unpaired) electrons. The van der Waals surface area contributed by atoms with Gasteiger partial charge in [0, 0.05) is 6.04 Å². The van der Waals surface area contributed by atoms with Crippen molar-refractivity contribution in [2.45, 2.75) is 51.7 Å². The van der Waals surface area contributed by atoms with Crippen molar-refractivity contribution in [3.05, 3.63) is 34.9 Å². The van der Waals surface area contributed by atoms with Crippen LogP contribution in [-0.2, 0) is 0 Å². The number of aryl methyl sites for hydroxylation is 2. The maximum absolute atomic E-state index is 12.8.